The number of aromatic carboxylic acids is 1. The molecule has 1 heterocycles. The van der Waals surface area contributed by atoms with E-state index in [1.807, 2.05) is 60.2 Å². The van der Waals surface area contributed by atoms with E-state index in [1.165, 1.54) is 0 Å². The van der Waals surface area contributed by atoms with Crippen LogP contribution in [0.4, 0.5) is 0 Å². The molecule has 0 aliphatic rings. The third-order valence-electron chi connectivity index (χ3n) is 4.37. The van der Waals surface area contributed by atoms with Gasteiger partial charge in [-0.15, -0.1) is 5.10 Å². The minimum absolute atomic E-state index is 0.293. The Kier molecular flexibility index (Phi) is 6.79. The predicted octanol–water partition coefficient (Wildman–Crippen LogP) is 4.90. The summed E-state index contributed by atoms with van der Waals surface area (Å²) in [5, 5.41) is 13.9. The van der Waals surface area contributed by atoms with Crippen molar-refractivity contribution in [1.29, 1.82) is 0 Å². The average molecular weight is 391 g/mol. The van der Waals surface area contributed by atoms with E-state index in [1.54, 1.807) is 12.1 Å². The van der Waals surface area contributed by atoms with Crippen molar-refractivity contribution in [3.8, 4) is 17.1 Å². The van der Waals surface area contributed by atoms with Crippen molar-refractivity contribution >= 4 is 12.0 Å². The van der Waals surface area contributed by atoms with Crippen LogP contribution < -0.4 is 4.74 Å². The van der Waals surface area contributed by atoms with Crippen LogP contribution in [-0.2, 0) is 6.54 Å². The van der Waals surface area contributed by atoms with Crippen molar-refractivity contribution in [2.75, 3.05) is 6.61 Å². The molecule has 2 aromatic carbocycles. The Morgan fingerprint density at radius 2 is 1.90 bits per heavy atom. The highest BCUT2D eigenvalue weighted by atomic mass is 16.5. The summed E-state index contributed by atoms with van der Waals surface area (Å²) in [6, 6.07) is 15.2. The molecular weight excluding hydrogens is 366 g/mol. The summed E-state index contributed by atoms with van der Waals surface area (Å²) in [5.41, 5.74) is 2.90. The number of nitrogens with zero attached hydrogens (tertiary/aromatic N) is 3. The lowest BCUT2D eigenvalue weighted by molar-refractivity contribution is 0.0697. The second-order valence-corrected chi connectivity index (χ2v) is 6.62. The molecule has 150 valence electrons. The van der Waals surface area contributed by atoms with Gasteiger partial charge >= 0.3 is 12.0 Å². The third kappa shape index (κ3) is 5.10. The summed E-state index contributed by atoms with van der Waals surface area (Å²) in [6.45, 7) is 5.24. The molecule has 0 atom stereocenters. The zero-order valence-electron chi connectivity index (χ0n) is 16.7. The highest BCUT2D eigenvalue weighted by Gasteiger charge is 2.12. The van der Waals surface area contributed by atoms with Crippen LogP contribution in [0.15, 0.2) is 54.6 Å². The fourth-order valence-electron chi connectivity index (χ4n) is 2.93. The van der Waals surface area contributed by atoms with Crippen LogP contribution >= 0.6 is 0 Å². The molecule has 1 aromatic heterocycles. The van der Waals surface area contributed by atoms with Gasteiger partial charge in [0.15, 0.2) is 5.82 Å². The maximum atomic E-state index is 11.5. The number of allylic oxidation sites excluding steroid dienone is 1. The van der Waals surface area contributed by atoms with E-state index in [-0.39, 0.29) is 0 Å². The number of hydrogen-bond donors (Lipinski definition) is 1. The zero-order chi connectivity index (χ0) is 20.6. The highest BCUT2D eigenvalue weighted by molar-refractivity contribution is 5.95. The van der Waals surface area contributed by atoms with Gasteiger partial charge in [-0.05, 0) is 41.7 Å². The monoisotopic (exact) mass is 391 g/mol. The second-order valence-electron chi connectivity index (χ2n) is 6.62. The number of carbonyl (C=O) groups is 1. The molecule has 6 nitrogen and oxygen atoms in total. The van der Waals surface area contributed by atoms with E-state index in [4.69, 9.17) is 4.74 Å². The normalized spacial score (nSPS) is 11.1. The minimum atomic E-state index is -0.931. The Hall–Kier alpha value is -3.41. The van der Waals surface area contributed by atoms with Crippen molar-refractivity contribution in [1.82, 2.24) is 14.8 Å². The fraction of sp³-hybridized carbons (Fsp3) is 0.261. The van der Waals surface area contributed by atoms with Gasteiger partial charge < -0.3 is 9.84 Å². The Morgan fingerprint density at radius 1 is 1.14 bits per heavy atom. The van der Waals surface area contributed by atoms with Gasteiger partial charge in [-0.1, -0.05) is 62.4 Å². The van der Waals surface area contributed by atoms with E-state index < -0.39 is 5.97 Å². The number of carboxylic acids is 1. The molecule has 0 spiro atoms. The molecule has 0 radical (unpaired) electrons. The van der Waals surface area contributed by atoms with Crippen LogP contribution in [0, 0.1) is 0 Å². The molecule has 3 rings (SSSR count). The Bertz CT molecular complexity index is 991. The molecule has 0 fully saturated rings. The van der Waals surface area contributed by atoms with Gasteiger partial charge in [0, 0.05) is 0 Å². The molecule has 0 bridgehead atoms. The quantitative estimate of drug-likeness (QED) is 0.561. The van der Waals surface area contributed by atoms with E-state index in [0.29, 0.717) is 30.3 Å². The molecule has 0 saturated carbocycles. The summed E-state index contributed by atoms with van der Waals surface area (Å²) in [4.78, 5) is 15.9. The highest BCUT2D eigenvalue weighted by Crippen LogP contribution is 2.24. The van der Waals surface area contributed by atoms with Gasteiger partial charge in [-0.3, -0.25) is 0 Å². The summed E-state index contributed by atoms with van der Waals surface area (Å²) < 4.78 is 7.39. The lowest BCUT2D eigenvalue weighted by Crippen LogP contribution is -2.05. The van der Waals surface area contributed by atoms with Crippen molar-refractivity contribution in [3.63, 3.8) is 0 Å². The molecular formula is C23H25N3O3. The molecule has 0 aliphatic heterocycles. The molecule has 0 saturated heterocycles. The predicted molar refractivity (Wildman–Crippen MR) is 113 cm³/mol. The number of benzene rings is 2. The smallest absolute Gasteiger partial charge is 0.336 e. The van der Waals surface area contributed by atoms with Gasteiger partial charge in [-0.25, -0.2) is 9.48 Å². The molecule has 0 unspecified atom stereocenters. The van der Waals surface area contributed by atoms with Crippen molar-refractivity contribution in [2.45, 2.75) is 33.2 Å². The summed E-state index contributed by atoms with van der Waals surface area (Å²) in [7, 11) is 0. The second kappa shape index (κ2) is 9.68. The standard InChI is InChI=1S/C23H25N3O3/c1-3-5-10-21-24-23(29-15-4-2)25-26(21)16-17-11-13-18(14-12-17)19-8-6-7-9-20(19)22(27)28/h5-14H,3-4,15-16H2,1-2H3,(H,27,28)/b10-5+. The molecule has 0 amide bonds. The SMILES string of the molecule is CC/C=C/c1nc(OCCC)nn1Cc1ccc(-c2ccccc2C(=O)O)cc1. The first kappa shape index (κ1) is 20.3. The van der Waals surface area contributed by atoms with E-state index in [2.05, 4.69) is 17.0 Å². The first-order valence-electron chi connectivity index (χ1n) is 9.78. The van der Waals surface area contributed by atoms with Crippen molar-refractivity contribution in [3.05, 3.63) is 71.6 Å². The lowest BCUT2D eigenvalue weighted by atomic mass is 9.99. The Labute approximate surface area is 170 Å². The van der Waals surface area contributed by atoms with Gasteiger partial charge in [-0.2, -0.15) is 4.98 Å². The van der Waals surface area contributed by atoms with E-state index in [9.17, 15) is 9.90 Å². The van der Waals surface area contributed by atoms with Gasteiger partial charge in [0.1, 0.15) is 0 Å². The minimum Gasteiger partial charge on any atom is -0.478 e. The summed E-state index contributed by atoms with van der Waals surface area (Å²) >= 11 is 0. The number of aromatic nitrogens is 3. The maximum Gasteiger partial charge on any atom is 0.336 e. The average Bonchev–Trinajstić information content (AvgIpc) is 3.12. The van der Waals surface area contributed by atoms with Crippen molar-refractivity contribution in [2.24, 2.45) is 0 Å². The van der Waals surface area contributed by atoms with E-state index >= 15 is 0 Å². The first-order chi connectivity index (χ1) is 14.1. The van der Waals surface area contributed by atoms with Crippen LogP contribution in [0.3, 0.4) is 0 Å². The van der Waals surface area contributed by atoms with Crippen LogP contribution in [0.1, 0.15) is 48.4 Å². The Morgan fingerprint density at radius 3 is 2.59 bits per heavy atom. The molecule has 3 aromatic rings. The van der Waals surface area contributed by atoms with E-state index in [0.717, 1.165) is 29.8 Å². The van der Waals surface area contributed by atoms with Crippen LogP contribution in [0.2, 0.25) is 0 Å². The first-order valence-corrected chi connectivity index (χ1v) is 9.78. The molecule has 1 N–H and O–H groups in total. The van der Waals surface area contributed by atoms with Gasteiger partial charge in [0.25, 0.3) is 0 Å². The molecule has 29 heavy (non-hydrogen) atoms. The lowest BCUT2D eigenvalue weighted by Gasteiger charge is -2.08. The van der Waals surface area contributed by atoms with Gasteiger partial charge in [0.05, 0.1) is 18.7 Å². The summed E-state index contributed by atoms with van der Waals surface area (Å²) in [6.07, 6.45) is 5.79. The number of ether oxygens (including phenoxy) is 1. The van der Waals surface area contributed by atoms with Crippen molar-refractivity contribution < 1.29 is 14.6 Å². The Balaban J connectivity index is 1.84. The largest absolute Gasteiger partial charge is 0.478 e. The third-order valence-corrected chi connectivity index (χ3v) is 4.37. The number of carboxylic acid groups (broad SMARTS) is 1. The van der Waals surface area contributed by atoms with Crippen LogP contribution in [0.5, 0.6) is 6.01 Å². The number of hydrogen-bond acceptors (Lipinski definition) is 4. The van der Waals surface area contributed by atoms with Crippen LogP contribution in [-0.4, -0.2) is 32.4 Å². The maximum absolute atomic E-state index is 11.5. The zero-order valence-corrected chi connectivity index (χ0v) is 16.7. The molecule has 0 aliphatic carbocycles. The number of rotatable bonds is 9. The topological polar surface area (TPSA) is 77.2 Å². The summed E-state index contributed by atoms with van der Waals surface area (Å²) in [5.74, 6) is -0.183. The fourth-order valence-corrected chi connectivity index (χ4v) is 2.93. The van der Waals surface area contributed by atoms with Crippen LogP contribution in [0.25, 0.3) is 17.2 Å². The van der Waals surface area contributed by atoms with Gasteiger partial charge in [0.2, 0.25) is 0 Å². The molecule has 6 heteroatoms.